The molecule has 0 spiro atoms. The third-order valence-electron chi connectivity index (χ3n) is 3.77. The SMILES string of the molecule is N#CC(C(=O)CC1CC(F)(F)C1)C1CCC1. The minimum absolute atomic E-state index is 0.118. The minimum atomic E-state index is -2.57. The van der Waals surface area contributed by atoms with Gasteiger partial charge in [0.15, 0.2) is 5.78 Å². The van der Waals surface area contributed by atoms with E-state index < -0.39 is 11.8 Å². The van der Waals surface area contributed by atoms with Crippen LogP contribution in [-0.2, 0) is 4.79 Å². The third-order valence-corrected chi connectivity index (χ3v) is 3.77. The van der Waals surface area contributed by atoms with Crippen LogP contribution in [0.3, 0.4) is 0 Å². The molecule has 0 saturated heterocycles. The van der Waals surface area contributed by atoms with Gasteiger partial charge < -0.3 is 0 Å². The van der Waals surface area contributed by atoms with Gasteiger partial charge in [0.2, 0.25) is 5.92 Å². The van der Waals surface area contributed by atoms with Gasteiger partial charge in [0.1, 0.15) is 5.92 Å². The van der Waals surface area contributed by atoms with Crippen molar-refractivity contribution in [3.8, 4) is 6.07 Å². The zero-order valence-electron chi connectivity index (χ0n) is 9.09. The number of Topliss-reactive ketones (excluding diaryl/α,β-unsaturated/α-hetero) is 1. The van der Waals surface area contributed by atoms with Crippen molar-refractivity contribution < 1.29 is 13.6 Å². The van der Waals surface area contributed by atoms with Crippen LogP contribution in [0.5, 0.6) is 0 Å². The van der Waals surface area contributed by atoms with Crippen molar-refractivity contribution in [2.45, 2.75) is 44.4 Å². The molecular weight excluding hydrogens is 212 g/mol. The Hall–Kier alpha value is -0.980. The Morgan fingerprint density at radius 1 is 1.44 bits per heavy atom. The van der Waals surface area contributed by atoms with E-state index in [4.69, 9.17) is 5.26 Å². The first-order valence-electron chi connectivity index (χ1n) is 5.82. The number of ketones is 1. The van der Waals surface area contributed by atoms with E-state index in [-0.39, 0.29) is 36.9 Å². The molecular formula is C12H15F2NO. The molecule has 0 heterocycles. The fourth-order valence-electron chi connectivity index (χ4n) is 2.55. The number of nitrogens with zero attached hydrogens (tertiary/aromatic N) is 1. The molecule has 0 aliphatic heterocycles. The van der Waals surface area contributed by atoms with E-state index in [2.05, 4.69) is 0 Å². The van der Waals surface area contributed by atoms with Gasteiger partial charge in [0.05, 0.1) is 6.07 Å². The van der Waals surface area contributed by atoms with Gasteiger partial charge in [-0.3, -0.25) is 4.79 Å². The van der Waals surface area contributed by atoms with Crippen LogP contribution < -0.4 is 0 Å². The van der Waals surface area contributed by atoms with Crippen molar-refractivity contribution in [1.82, 2.24) is 0 Å². The average Bonchev–Trinajstić information content (AvgIpc) is 2.07. The van der Waals surface area contributed by atoms with Crippen LogP contribution in [0, 0.1) is 29.1 Å². The first kappa shape index (κ1) is 11.5. The molecule has 0 aromatic rings. The summed E-state index contributed by atoms with van der Waals surface area (Å²) in [6.07, 6.45) is 2.76. The number of halogens is 2. The number of rotatable bonds is 4. The summed E-state index contributed by atoms with van der Waals surface area (Å²) >= 11 is 0. The quantitative estimate of drug-likeness (QED) is 0.740. The highest BCUT2D eigenvalue weighted by Gasteiger charge is 2.46. The van der Waals surface area contributed by atoms with Crippen LogP contribution in [0.1, 0.15) is 38.5 Å². The van der Waals surface area contributed by atoms with Crippen molar-refractivity contribution in [3.63, 3.8) is 0 Å². The van der Waals surface area contributed by atoms with E-state index in [0.29, 0.717) is 0 Å². The van der Waals surface area contributed by atoms with Gasteiger partial charge in [-0.25, -0.2) is 8.78 Å². The Kier molecular flexibility index (Phi) is 2.96. The normalized spacial score (nSPS) is 26.3. The monoisotopic (exact) mass is 227 g/mol. The molecule has 0 aromatic heterocycles. The van der Waals surface area contributed by atoms with Crippen molar-refractivity contribution in [3.05, 3.63) is 0 Å². The predicted molar refractivity (Wildman–Crippen MR) is 53.7 cm³/mol. The van der Waals surface area contributed by atoms with E-state index in [9.17, 15) is 13.6 Å². The Bertz CT molecular complexity index is 322. The molecule has 2 rings (SSSR count). The topological polar surface area (TPSA) is 40.9 Å². The zero-order valence-corrected chi connectivity index (χ0v) is 9.09. The maximum atomic E-state index is 12.6. The van der Waals surface area contributed by atoms with Crippen molar-refractivity contribution >= 4 is 5.78 Å². The van der Waals surface area contributed by atoms with Crippen molar-refractivity contribution in [2.24, 2.45) is 17.8 Å². The van der Waals surface area contributed by atoms with Gasteiger partial charge in [0.25, 0.3) is 0 Å². The number of carbonyl (C=O) groups is 1. The predicted octanol–water partition coefficient (Wildman–Crippen LogP) is 2.93. The Morgan fingerprint density at radius 3 is 2.44 bits per heavy atom. The molecule has 4 heteroatoms. The number of nitriles is 1. The summed E-state index contributed by atoms with van der Waals surface area (Å²) in [6.45, 7) is 0. The lowest BCUT2D eigenvalue weighted by molar-refractivity contribution is -0.135. The molecule has 0 aromatic carbocycles. The molecule has 88 valence electrons. The highest BCUT2D eigenvalue weighted by atomic mass is 19.3. The summed E-state index contributed by atoms with van der Waals surface area (Å²) in [7, 11) is 0. The second-order valence-electron chi connectivity index (χ2n) is 5.10. The highest BCUT2D eigenvalue weighted by Crippen LogP contribution is 2.45. The highest BCUT2D eigenvalue weighted by molar-refractivity contribution is 5.84. The average molecular weight is 227 g/mol. The summed E-state index contributed by atoms with van der Waals surface area (Å²) in [5.74, 6) is -3.23. The smallest absolute Gasteiger partial charge is 0.248 e. The summed E-state index contributed by atoms with van der Waals surface area (Å²) in [5, 5.41) is 8.92. The Labute approximate surface area is 93.6 Å². The lowest BCUT2D eigenvalue weighted by atomic mass is 9.71. The van der Waals surface area contributed by atoms with E-state index in [0.717, 1.165) is 19.3 Å². The first-order valence-corrected chi connectivity index (χ1v) is 5.82. The molecule has 2 aliphatic rings. The molecule has 16 heavy (non-hydrogen) atoms. The lowest BCUT2D eigenvalue weighted by Crippen LogP contribution is -2.38. The van der Waals surface area contributed by atoms with Crippen LogP contribution in [-0.4, -0.2) is 11.7 Å². The van der Waals surface area contributed by atoms with Crippen LogP contribution in [0.4, 0.5) is 8.78 Å². The van der Waals surface area contributed by atoms with Gasteiger partial charge in [-0.1, -0.05) is 6.42 Å². The van der Waals surface area contributed by atoms with Gasteiger partial charge >= 0.3 is 0 Å². The standard InChI is InChI=1S/C12H15F2NO/c13-12(14)5-8(6-12)4-11(16)10(7-15)9-2-1-3-9/h8-10H,1-6H2. The van der Waals surface area contributed by atoms with Crippen LogP contribution >= 0.6 is 0 Å². The summed E-state index contributed by atoms with van der Waals surface area (Å²) in [4.78, 5) is 11.8. The number of carbonyl (C=O) groups excluding carboxylic acids is 1. The molecule has 2 aliphatic carbocycles. The summed E-state index contributed by atoms with van der Waals surface area (Å²) in [6, 6.07) is 2.04. The molecule has 2 nitrogen and oxygen atoms in total. The Morgan fingerprint density at radius 2 is 2.06 bits per heavy atom. The van der Waals surface area contributed by atoms with Crippen LogP contribution in [0.15, 0.2) is 0 Å². The summed E-state index contributed by atoms with van der Waals surface area (Å²) < 4.78 is 25.2. The lowest BCUT2D eigenvalue weighted by Gasteiger charge is -2.36. The number of hydrogen-bond acceptors (Lipinski definition) is 2. The molecule has 2 fully saturated rings. The van der Waals surface area contributed by atoms with E-state index >= 15 is 0 Å². The van der Waals surface area contributed by atoms with E-state index in [1.807, 2.05) is 6.07 Å². The molecule has 2 saturated carbocycles. The van der Waals surface area contributed by atoms with Gasteiger partial charge in [-0.15, -0.1) is 0 Å². The second-order valence-corrected chi connectivity index (χ2v) is 5.10. The fourth-order valence-corrected chi connectivity index (χ4v) is 2.55. The third kappa shape index (κ3) is 2.23. The molecule has 1 atom stereocenters. The molecule has 0 bridgehead atoms. The van der Waals surface area contributed by atoms with Gasteiger partial charge in [0, 0.05) is 19.3 Å². The van der Waals surface area contributed by atoms with E-state index in [1.165, 1.54) is 0 Å². The van der Waals surface area contributed by atoms with Crippen LogP contribution in [0.2, 0.25) is 0 Å². The molecule has 1 unspecified atom stereocenters. The first-order chi connectivity index (χ1) is 7.52. The zero-order chi connectivity index (χ0) is 11.8. The van der Waals surface area contributed by atoms with E-state index in [1.54, 1.807) is 0 Å². The molecule has 0 radical (unpaired) electrons. The maximum absolute atomic E-state index is 12.6. The second kappa shape index (κ2) is 4.12. The minimum Gasteiger partial charge on any atom is -0.298 e. The Balaban J connectivity index is 1.81. The number of hydrogen-bond donors (Lipinski definition) is 0. The van der Waals surface area contributed by atoms with Gasteiger partial charge in [-0.05, 0) is 24.7 Å². The largest absolute Gasteiger partial charge is 0.298 e. The molecule has 0 N–H and O–H groups in total. The van der Waals surface area contributed by atoms with Crippen molar-refractivity contribution in [2.75, 3.05) is 0 Å². The fraction of sp³-hybridized carbons (Fsp3) is 0.833. The van der Waals surface area contributed by atoms with Gasteiger partial charge in [-0.2, -0.15) is 5.26 Å². The summed E-state index contributed by atoms with van der Waals surface area (Å²) in [5.41, 5.74) is 0. The maximum Gasteiger partial charge on any atom is 0.248 e. The van der Waals surface area contributed by atoms with Crippen molar-refractivity contribution in [1.29, 1.82) is 5.26 Å². The molecule has 0 amide bonds. The van der Waals surface area contributed by atoms with Crippen LogP contribution in [0.25, 0.3) is 0 Å². The number of alkyl halides is 2.